The van der Waals surface area contributed by atoms with Crippen molar-refractivity contribution in [3.63, 3.8) is 0 Å². The molecule has 1 saturated heterocycles. The fourth-order valence-electron chi connectivity index (χ4n) is 2.68. The predicted molar refractivity (Wildman–Crippen MR) is 87.9 cm³/mol. The third kappa shape index (κ3) is 4.99. The second-order valence-corrected chi connectivity index (χ2v) is 6.12. The van der Waals surface area contributed by atoms with Crippen LogP contribution in [0.4, 0.5) is 5.69 Å². The van der Waals surface area contributed by atoms with Crippen molar-refractivity contribution in [1.82, 2.24) is 10.2 Å². The summed E-state index contributed by atoms with van der Waals surface area (Å²) in [4.78, 5) is 14.4. The van der Waals surface area contributed by atoms with E-state index in [0.717, 1.165) is 30.9 Å². The summed E-state index contributed by atoms with van der Waals surface area (Å²) in [6.45, 7) is 8.82. The van der Waals surface area contributed by atoms with Gasteiger partial charge in [-0.2, -0.15) is 0 Å². The molecular weight excluding hydrogens is 286 g/mol. The quantitative estimate of drug-likeness (QED) is 0.848. The molecule has 116 valence electrons. The molecule has 5 heteroatoms. The molecule has 0 spiro atoms. The summed E-state index contributed by atoms with van der Waals surface area (Å²) in [5, 5.41) is 6.79. The largest absolute Gasteiger partial charge is 0.325 e. The van der Waals surface area contributed by atoms with Gasteiger partial charge in [0.25, 0.3) is 0 Å². The Balaban J connectivity index is 1.71. The average Bonchev–Trinajstić information content (AvgIpc) is 2.91. The minimum absolute atomic E-state index is 0.0225. The van der Waals surface area contributed by atoms with Crippen LogP contribution < -0.4 is 10.6 Å². The Morgan fingerprint density at radius 3 is 3.00 bits per heavy atom. The van der Waals surface area contributed by atoms with Crippen molar-refractivity contribution in [2.24, 2.45) is 5.92 Å². The van der Waals surface area contributed by atoms with Crippen molar-refractivity contribution in [3.8, 4) is 0 Å². The summed E-state index contributed by atoms with van der Waals surface area (Å²) in [7, 11) is 0. The third-order valence-corrected chi connectivity index (χ3v) is 4.24. The number of hydrogen-bond donors (Lipinski definition) is 2. The minimum atomic E-state index is -0.0225. The van der Waals surface area contributed by atoms with Gasteiger partial charge in [-0.25, -0.2) is 0 Å². The van der Waals surface area contributed by atoms with E-state index in [0.29, 0.717) is 17.5 Å². The van der Waals surface area contributed by atoms with Gasteiger partial charge in [-0.1, -0.05) is 24.6 Å². The van der Waals surface area contributed by atoms with Gasteiger partial charge in [-0.3, -0.25) is 4.79 Å². The Hall–Kier alpha value is -1.10. The first-order chi connectivity index (χ1) is 10.1. The molecule has 1 amide bonds. The van der Waals surface area contributed by atoms with E-state index >= 15 is 0 Å². The molecule has 1 aromatic rings. The first kappa shape index (κ1) is 16.3. The minimum Gasteiger partial charge on any atom is -0.325 e. The molecule has 1 heterocycles. The van der Waals surface area contributed by atoms with Crippen molar-refractivity contribution in [3.05, 3.63) is 28.8 Å². The summed E-state index contributed by atoms with van der Waals surface area (Å²) in [5.74, 6) is 0.636. The standard InChI is InChI=1S/C16H24ClN3O/c1-3-20-7-6-13(11-20)9-18-10-16(21)19-15-8-14(17)5-4-12(15)2/h4-5,8,13,18H,3,6-7,9-11H2,1-2H3,(H,19,21). The van der Waals surface area contributed by atoms with Crippen molar-refractivity contribution in [2.75, 3.05) is 38.0 Å². The molecule has 0 aromatic heterocycles. The molecule has 0 radical (unpaired) electrons. The zero-order valence-corrected chi connectivity index (χ0v) is 13.5. The monoisotopic (exact) mass is 309 g/mol. The van der Waals surface area contributed by atoms with E-state index in [4.69, 9.17) is 11.6 Å². The number of nitrogens with one attached hydrogen (secondary N) is 2. The Morgan fingerprint density at radius 2 is 2.29 bits per heavy atom. The number of halogens is 1. The normalized spacial score (nSPS) is 18.9. The van der Waals surface area contributed by atoms with Crippen molar-refractivity contribution >= 4 is 23.2 Å². The lowest BCUT2D eigenvalue weighted by Gasteiger charge is -2.14. The van der Waals surface area contributed by atoms with Crippen LogP contribution in [-0.4, -0.2) is 43.5 Å². The maximum atomic E-state index is 11.9. The van der Waals surface area contributed by atoms with Gasteiger partial charge in [0.05, 0.1) is 6.54 Å². The molecule has 0 saturated carbocycles. The number of amides is 1. The van der Waals surface area contributed by atoms with Crippen LogP contribution in [0.15, 0.2) is 18.2 Å². The number of rotatable bonds is 6. The third-order valence-electron chi connectivity index (χ3n) is 4.01. The Bertz CT molecular complexity index is 492. The van der Waals surface area contributed by atoms with Crippen LogP contribution in [0.1, 0.15) is 18.9 Å². The average molecular weight is 310 g/mol. The van der Waals surface area contributed by atoms with E-state index in [1.807, 2.05) is 19.1 Å². The van der Waals surface area contributed by atoms with Crippen molar-refractivity contribution in [2.45, 2.75) is 20.3 Å². The highest BCUT2D eigenvalue weighted by molar-refractivity contribution is 6.31. The van der Waals surface area contributed by atoms with E-state index in [-0.39, 0.29) is 5.91 Å². The van der Waals surface area contributed by atoms with Crippen LogP contribution in [0, 0.1) is 12.8 Å². The highest BCUT2D eigenvalue weighted by Crippen LogP contribution is 2.20. The lowest BCUT2D eigenvalue weighted by atomic mass is 10.1. The first-order valence-corrected chi connectivity index (χ1v) is 7.95. The fourth-order valence-corrected chi connectivity index (χ4v) is 2.85. The van der Waals surface area contributed by atoms with Gasteiger partial charge in [-0.05, 0) is 56.6 Å². The highest BCUT2D eigenvalue weighted by Gasteiger charge is 2.20. The topological polar surface area (TPSA) is 44.4 Å². The highest BCUT2D eigenvalue weighted by atomic mass is 35.5. The van der Waals surface area contributed by atoms with Gasteiger partial charge in [-0.15, -0.1) is 0 Å². The summed E-state index contributed by atoms with van der Waals surface area (Å²) in [5.41, 5.74) is 1.80. The molecule has 0 bridgehead atoms. The molecule has 1 aromatic carbocycles. The van der Waals surface area contributed by atoms with E-state index in [1.165, 1.54) is 13.0 Å². The van der Waals surface area contributed by atoms with Crippen LogP contribution in [0.2, 0.25) is 5.02 Å². The van der Waals surface area contributed by atoms with E-state index in [1.54, 1.807) is 6.07 Å². The van der Waals surface area contributed by atoms with Gasteiger partial charge >= 0.3 is 0 Å². The first-order valence-electron chi connectivity index (χ1n) is 7.57. The van der Waals surface area contributed by atoms with Gasteiger partial charge in [0.1, 0.15) is 0 Å². The number of anilines is 1. The fraction of sp³-hybridized carbons (Fsp3) is 0.562. The Kier molecular flexibility index (Phi) is 6.03. The van der Waals surface area contributed by atoms with Gasteiger partial charge in [0.15, 0.2) is 0 Å². The molecule has 21 heavy (non-hydrogen) atoms. The Morgan fingerprint density at radius 1 is 1.48 bits per heavy atom. The molecule has 2 N–H and O–H groups in total. The second kappa shape index (κ2) is 7.78. The van der Waals surface area contributed by atoms with Crippen molar-refractivity contribution in [1.29, 1.82) is 0 Å². The molecule has 1 aliphatic heterocycles. The lowest BCUT2D eigenvalue weighted by Crippen LogP contribution is -2.33. The summed E-state index contributed by atoms with van der Waals surface area (Å²) in [6.07, 6.45) is 1.22. The van der Waals surface area contributed by atoms with Gasteiger partial charge < -0.3 is 15.5 Å². The number of nitrogens with zero attached hydrogens (tertiary/aromatic N) is 1. The van der Waals surface area contributed by atoms with Crippen LogP contribution in [0.25, 0.3) is 0 Å². The number of hydrogen-bond acceptors (Lipinski definition) is 3. The van der Waals surface area contributed by atoms with Crippen LogP contribution in [-0.2, 0) is 4.79 Å². The second-order valence-electron chi connectivity index (χ2n) is 5.69. The number of aryl methyl sites for hydroxylation is 1. The molecular formula is C16H24ClN3O. The maximum absolute atomic E-state index is 11.9. The zero-order valence-electron chi connectivity index (χ0n) is 12.8. The summed E-state index contributed by atoms with van der Waals surface area (Å²) < 4.78 is 0. The van der Waals surface area contributed by atoms with Crippen LogP contribution >= 0.6 is 11.6 Å². The van der Waals surface area contributed by atoms with E-state index in [9.17, 15) is 4.79 Å². The number of benzene rings is 1. The SMILES string of the molecule is CCN1CCC(CNCC(=O)Nc2cc(Cl)ccc2C)C1. The molecule has 1 atom stereocenters. The van der Waals surface area contributed by atoms with Crippen LogP contribution in [0.5, 0.6) is 0 Å². The van der Waals surface area contributed by atoms with Gasteiger partial charge in [0, 0.05) is 17.3 Å². The van der Waals surface area contributed by atoms with E-state index < -0.39 is 0 Å². The van der Waals surface area contributed by atoms with Crippen molar-refractivity contribution < 1.29 is 4.79 Å². The summed E-state index contributed by atoms with van der Waals surface area (Å²) in [6, 6.07) is 5.51. The zero-order chi connectivity index (χ0) is 15.2. The number of carbonyl (C=O) groups is 1. The maximum Gasteiger partial charge on any atom is 0.238 e. The smallest absolute Gasteiger partial charge is 0.238 e. The molecule has 1 unspecified atom stereocenters. The lowest BCUT2D eigenvalue weighted by molar-refractivity contribution is -0.115. The summed E-state index contributed by atoms with van der Waals surface area (Å²) >= 11 is 5.95. The van der Waals surface area contributed by atoms with E-state index in [2.05, 4.69) is 22.5 Å². The van der Waals surface area contributed by atoms with Gasteiger partial charge in [0.2, 0.25) is 5.91 Å². The number of carbonyl (C=O) groups excluding carboxylic acids is 1. The number of likely N-dealkylation sites (tertiary alicyclic amines) is 1. The molecule has 1 aliphatic rings. The molecule has 0 aliphatic carbocycles. The molecule has 1 fully saturated rings. The molecule has 4 nitrogen and oxygen atoms in total. The Labute approximate surface area is 131 Å². The van der Waals surface area contributed by atoms with Crippen LogP contribution in [0.3, 0.4) is 0 Å². The molecule has 2 rings (SSSR count). The predicted octanol–water partition coefficient (Wildman–Crippen LogP) is 2.52.